The first-order valence-corrected chi connectivity index (χ1v) is 6.95. The smallest absolute Gasteiger partial charge is 0.330 e. The van der Waals surface area contributed by atoms with Gasteiger partial charge in [0.15, 0.2) is 11.6 Å². The molecule has 4 amide bonds. The summed E-state index contributed by atoms with van der Waals surface area (Å²) in [5.74, 6) is -2.25. The van der Waals surface area contributed by atoms with E-state index in [1.165, 1.54) is 12.1 Å². The Bertz CT molecular complexity index is 752. The van der Waals surface area contributed by atoms with Crippen LogP contribution < -0.4 is 10.6 Å². The van der Waals surface area contributed by atoms with Gasteiger partial charge in [0, 0.05) is 6.54 Å². The van der Waals surface area contributed by atoms with Crippen molar-refractivity contribution < 1.29 is 18.4 Å². The Morgan fingerprint density at radius 2 is 1.87 bits per heavy atom. The molecule has 5 nitrogen and oxygen atoms in total. The van der Waals surface area contributed by atoms with Gasteiger partial charge in [0.25, 0.3) is 0 Å². The van der Waals surface area contributed by atoms with Crippen molar-refractivity contribution in [3.05, 3.63) is 65.7 Å². The van der Waals surface area contributed by atoms with Gasteiger partial charge >= 0.3 is 12.1 Å². The highest BCUT2D eigenvalue weighted by Gasteiger charge is 2.37. The fourth-order valence-electron chi connectivity index (χ4n) is 2.45. The van der Waals surface area contributed by atoms with Crippen LogP contribution in [0.15, 0.2) is 48.5 Å². The van der Waals surface area contributed by atoms with Crippen LogP contribution in [0.1, 0.15) is 11.6 Å². The summed E-state index contributed by atoms with van der Waals surface area (Å²) in [6.45, 7) is 0.252. The van der Waals surface area contributed by atoms with E-state index in [2.05, 4.69) is 10.6 Å². The molecule has 1 heterocycles. The molecular weight excluding hydrogens is 304 g/mol. The third kappa shape index (κ3) is 2.85. The van der Waals surface area contributed by atoms with E-state index in [4.69, 9.17) is 0 Å². The lowest BCUT2D eigenvalue weighted by Gasteiger charge is -2.22. The molecule has 7 heteroatoms. The Balaban J connectivity index is 1.85. The van der Waals surface area contributed by atoms with Crippen molar-refractivity contribution in [2.75, 3.05) is 11.9 Å². The Hall–Kier alpha value is -2.96. The molecule has 1 aliphatic heterocycles. The number of carbonyl (C=O) groups excluding carboxylic acids is 2. The maximum Gasteiger partial charge on any atom is 0.330 e. The van der Waals surface area contributed by atoms with Gasteiger partial charge in [0.05, 0.1) is 11.7 Å². The quantitative estimate of drug-likeness (QED) is 0.893. The van der Waals surface area contributed by atoms with E-state index < -0.39 is 29.7 Å². The number of urea groups is 2. The second-order valence-corrected chi connectivity index (χ2v) is 5.01. The molecule has 23 heavy (non-hydrogen) atoms. The number of benzene rings is 2. The minimum Gasteiger partial charge on any atom is -0.335 e. The zero-order chi connectivity index (χ0) is 16.4. The zero-order valence-corrected chi connectivity index (χ0v) is 11.9. The summed E-state index contributed by atoms with van der Waals surface area (Å²) in [6.07, 6.45) is 0. The first kappa shape index (κ1) is 15.0. The van der Waals surface area contributed by atoms with Gasteiger partial charge in [-0.15, -0.1) is 0 Å². The SMILES string of the molecule is O=C1NCC(c2ccccc2)N1C(=O)Nc1cccc(F)c1F. The summed E-state index contributed by atoms with van der Waals surface area (Å²) in [5, 5.41) is 4.80. The second-order valence-electron chi connectivity index (χ2n) is 5.01. The van der Waals surface area contributed by atoms with E-state index in [0.29, 0.717) is 0 Å². The Morgan fingerprint density at radius 3 is 2.61 bits per heavy atom. The Kier molecular flexibility index (Phi) is 3.92. The van der Waals surface area contributed by atoms with E-state index in [1.54, 1.807) is 24.3 Å². The molecule has 1 fully saturated rings. The number of amides is 4. The van der Waals surface area contributed by atoms with Gasteiger partial charge in [-0.1, -0.05) is 36.4 Å². The summed E-state index contributed by atoms with van der Waals surface area (Å²) in [4.78, 5) is 25.2. The third-order valence-corrected chi connectivity index (χ3v) is 3.57. The van der Waals surface area contributed by atoms with E-state index >= 15 is 0 Å². The van der Waals surface area contributed by atoms with E-state index in [0.717, 1.165) is 16.5 Å². The molecule has 1 atom stereocenters. The standard InChI is InChI=1S/C16H13F2N3O2/c17-11-7-4-8-12(14(11)18)20-16(23)21-13(9-19-15(21)22)10-5-2-1-3-6-10/h1-8,13H,9H2,(H,19,22)(H,20,23). The number of carbonyl (C=O) groups is 2. The third-order valence-electron chi connectivity index (χ3n) is 3.57. The van der Waals surface area contributed by atoms with Crippen LogP contribution in [0.4, 0.5) is 24.1 Å². The molecule has 2 aromatic rings. The molecule has 0 aliphatic carbocycles. The van der Waals surface area contributed by atoms with Gasteiger partial charge in [-0.3, -0.25) is 0 Å². The predicted molar refractivity (Wildman–Crippen MR) is 79.8 cm³/mol. The van der Waals surface area contributed by atoms with Crippen molar-refractivity contribution in [2.45, 2.75) is 6.04 Å². The van der Waals surface area contributed by atoms with Crippen LogP contribution in [0.25, 0.3) is 0 Å². The highest BCUT2D eigenvalue weighted by molar-refractivity contribution is 6.02. The number of rotatable bonds is 2. The maximum absolute atomic E-state index is 13.7. The lowest BCUT2D eigenvalue weighted by molar-refractivity contribution is 0.197. The zero-order valence-electron chi connectivity index (χ0n) is 11.9. The van der Waals surface area contributed by atoms with Crippen LogP contribution in [0, 0.1) is 11.6 Å². The van der Waals surface area contributed by atoms with Crippen LogP contribution in [0.3, 0.4) is 0 Å². The average Bonchev–Trinajstić information content (AvgIpc) is 2.94. The van der Waals surface area contributed by atoms with Crippen LogP contribution in [-0.4, -0.2) is 23.5 Å². The Morgan fingerprint density at radius 1 is 1.13 bits per heavy atom. The number of nitrogens with zero attached hydrogens (tertiary/aromatic N) is 1. The van der Waals surface area contributed by atoms with Crippen molar-refractivity contribution >= 4 is 17.7 Å². The summed E-state index contributed by atoms with van der Waals surface area (Å²) in [7, 11) is 0. The molecule has 0 spiro atoms. The number of nitrogens with one attached hydrogen (secondary N) is 2. The summed E-state index contributed by atoms with van der Waals surface area (Å²) >= 11 is 0. The minimum absolute atomic E-state index is 0.252. The molecular formula is C16H13F2N3O2. The average molecular weight is 317 g/mol. The maximum atomic E-state index is 13.7. The minimum atomic E-state index is -1.17. The van der Waals surface area contributed by atoms with E-state index in [9.17, 15) is 18.4 Å². The van der Waals surface area contributed by atoms with Crippen molar-refractivity contribution in [3.8, 4) is 0 Å². The van der Waals surface area contributed by atoms with Crippen molar-refractivity contribution in [3.63, 3.8) is 0 Å². The molecule has 118 valence electrons. The number of imide groups is 1. The molecule has 0 radical (unpaired) electrons. The highest BCUT2D eigenvalue weighted by atomic mass is 19.2. The van der Waals surface area contributed by atoms with Crippen molar-refractivity contribution in [1.82, 2.24) is 10.2 Å². The molecule has 1 aliphatic rings. The number of anilines is 1. The first-order valence-electron chi connectivity index (χ1n) is 6.95. The summed E-state index contributed by atoms with van der Waals surface area (Å²) in [5.41, 5.74) is 0.447. The molecule has 3 rings (SSSR count). The van der Waals surface area contributed by atoms with Crippen molar-refractivity contribution in [2.24, 2.45) is 0 Å². The van der Waals surface area contributed by atoms with E-state index in [1.807, 2.05) is 6.07 Å². The number of hydrogen-bond donors (Lipinski definition) is 2. The molecule has 0 saturated carbocycles. The number of halogens is 2. The van der Waals surface area contributed by atoms with Gasteiger partial charge in [-0.25, -0.2) is 23.3 Å². The lowest BCUT2D eigenvalue weighted by atomic mass is 10.1. The van der Waals surface area contributed by atoms with E-state index in [-0.39, 0.29) is 12.2 Å². The summed E-state index contributed by atoms with van der Waals surface area (Å²) < 4.78 is 26.9. The molecule has 0 aromatic heterocycles. The van der Waals surface area contributed by atoms with Gasteiger partial charge < -0.3 is 10.6 Å². The lowest BCUT2D eigenvalue weighted by Crippen LogP contribution is -2.39. The van der Waals surface area contributed by atoms with Crippen LogP contribution >= 0.6 is 0 Å². The van der Waals surface area contributed by atoms with Gasteiger partial charge in [-0.05, 0) is 17.7 Å². The first-order chi connectivity index (χ1) is 11.1. The van der Waals surface area contributed by atoms with Gasteiger partial charge in [0.2, 0.25) is 0 Å². The number of hydrogen-bond acceptors (Lipinski definition) is 2. The molecule has 1 saturated heterocycles. The largest absolute Gasteiger partial charge is 0.335 e. The second kappa shape index (κ2) is 6.04. The van der Waals surface area contributed by atoms with Crippen LogP contribution in [-0.2, 0) is 0 Å². The van der Waals surface area contributed by atoms with Gasteiger partial charge in [-0.2, -0.15) is 0 Å². The van der Waals surface area contributed by atoms with Gasteiger partial charge in [0.1, 0.15) is 0 Å². The molecule has 2 N–H and O–H groups in total. The van der Waals surface area contributed by atoms with Crippen LogP contribution in [0.2, 0.25) is 0 Å². The van der Waals surface area contributed by atoms with Crippen molar-refractivity contribution in [1.29, 1.82) is 0 Å². The normalized spacial score (nSPS) is 17.0. The summed E-state index contributed by atoms with van der Waals surface area (Å²) in [6, 6.07) is 10.5. The Labute approximate surface area is 130 Å². The van der Waals surface area contributed by atoms with Crippen LogP contribution in [0.5, 0.6) is 0 Å². The fourth-order valence-corrected chi connectivity index (χ4v) is 2.45. The monoisotopic (exact) mass is 317 g/mol. The fraction of sp³-hybridized carbons (Fsp3) is 0.125. The highest BCUT2D eigenvalue weighted by Crippen LogP contribution is 2.26. The predicted octanol–water partition coefficient (Wildman–Crippen LogP) is 3.26. The topological polar surface area (TPSA) is 61.4 Å². The molecule has 1 unspecified atom stereocenters. The molecule has 0 bridgehead atoms. The molecule has 2 aromatic carbocycles.